The predicted molar refractivity (Wildman–Crippen MR) is 95.5 cm³/mol. The van der Waals surface area contributed by atoms with Gasteiger partial charge in [0.15, 0.2) is 12.4 Å². The molecule has 1 aliphatic rings. The second-order valence-electron chi connectivity index (χ2n) is 5.94. The van der Waals surface area contributed by atoms with E-state index in [4.69, 9.17) is 9.88 Å². The van der Waals surface area contributed by atoms with Gasteiger partial charge in [-0.1, -0.05) is 0 Å². The van der Waals surface area contributed by atoms with E-state index < -0.39 is 10.0 Å². The largest absolute Gasteiger partial charge is 0.496 e. The number of hydrogen-bond donors (Lipinski definition) is 1. The number of rotatable bonds is 4. The van der Waals surface area contributed by atoms with Crippen LogP contribution in [0.5, 0.6) is 5.75 Å². The Bertz CT molecular complexity index is 894. The zero-order valence-corrected chi connectivity index (χ0v) is 15.2. The highest BCUT2D eigenvalue weighted by Crippen LogP contribution is 2.24. The Morgan fingerprint density at radius 1 is 1.12 bits per heavy atom. The normalized spacial score (nSPS) is 15.0. The van der Waals surface area contributed by atoms with Crippen LogP contribution in [0.3, 0.4) is 0 Å². The van der Waals surface area contributed by atoms with Gasteiger partial charge in [-0.3, -0.25) is 4.79 Å². The molecule has 2 heterocycles. The number of sulfonamides is 1. The van der Waals surface area contributed by atoms with Crippen molar-refractivity contribution >= 4 is 21.6 Å². The Morgan fingerprint density at radius 2 is 1.77 bits per heavy atom. The fourth-order valence-corrected chi connectivity index (χ4v) is 3.50. The number of primary sulfonamides is 1. The van der Waals surface area contributed by atoms with Crippen molar-refractivity contribution in [3.63, 3.8) is 0 Å². The molecule has 26 heavy (non-hydrogen) atoms. The summed E-state index contributed by atoms with van der Waals surface area (Å²) >= 11 is 0. The van der Waals surface area contributed by atoms with Crippen LogP contribution in [0, 0.1) is 0 Å². The number of benzene rings is 1. The third-order valence-corrected chi connectivity index (χ3v) is 5.27. The van der Waals surface area contributed by atoms with E-state index in [2.05, 4.69) is 9.88 Å². The van der Waals surface area contributed by atoms with Crippen molar-refractivity contribution < 1.29 is 22.9 Å². The monoisotopic (exact) mass is 377 g/mol. The summed E-state index contributed by atoms with van der Waals surface area (Å²) in [5.74, 6) is 0.0526. The van der Waals surface area contributed by atoms with Crippen LogP contribution in [0.4, 0.5) is 5.69 Å². The van der Waals surface area contributed by atoms with Gasteiger partial charge in [-0.15, -0.1) is 0 Å². The van der Waals surface area contributed by atoms with Crippen molar-refractivity contribution in [3.8, 4) is 5.75 Å². The van der Waals surface area contributed by atoms with E-state index in [0.29, 0.717) is 31.9 Å². The molecular formula is C17H21N4O4S+. The molecule has 138 valence electrons. The summed E-state index contributed by atoms with van der Waals surface area (Å²) < 4.78 is 28.4. The lowest BCUT2D eigenvalue weighted by atomic mass is 10.1. The van der Waals surface area contributed by atoms with Crippen LogP contribution < -0.4 is 19.8 Å². The third-order valence-electron chi connectivity index (χ3n) is 4.36. The van der Waals surface area contributed by atoms with Crippen molar-refractivity contribution in [1.29, 1.82) is 0 Å². The highest BCUT2D eigenvalue weighted by Gasteiger charge is 2.26. The average Bonchev–Trinajstić information content (AvgIpc) is 2.67. The maximum atomic E-state index is 12.9. The van der Waals surface area contributed by atoms with Gasteiger partial charge in [-0.05, 0) is 18.2 Å². The highest BCUT2D eigenvalue weighted by atomic mass is 32.2. The minimum atomic E-state index is -3.90. The molecule has 1 amide bonds. The first kappa shape index (κ1) is 18.2. The van der Waals surface area contributed by atoms with Crippen molar-refractivity contribution in [2.45, 2.75) is 4.90 Å². The molecule has 0 spiro atoms. The molecule has 1 fully saturated rings. The van der Waals surface area contributed by atoms with Gasteiger partial charge in [0.1, 0.15) is 5.75 Å². The summed E-state index contributed by atoms with van der Waals surface area (Å²) in [5, 5.41) is 5.18. The second kappa shape index (κ2) is 7.30. The molecule has 0 atom stereocenters. The maximum Gasteiger partial charge on any atom is 0.257 e. The lowest BCUT2D eigenvalue weighted by molar-refractivity contribution is -0.377. The summed E-state index contributed by atoms with van der Waals surface area (Å²) in [4.78, 5) is 19.6. The van der Waals surface area contributed by atoms with Gasteiger partial charge in [0.05, 0.1) is 17.6 Å². The summed E-state index contributed by atoms with van der Waals surface area (Å²) in [6.07, 6.45) is 3.72. The van der Waals surface area contributed by atoms with Gasteiger partial charge >= 0.3 is 0 Å². The lowest BCUT2D eigenvalue weighted by Crippen LogP contribution is -2.49. The summed E-state index contributed by atoms with van der Waals surface area (Å²) in [7, 11) is -2.46. The van der Waals surface area contributed by atoms with Gasteiger partial charge in [0.2, 0.25) is 10.0 Å². The number of nitrogens with zero attached hydrogens (tertiary/aromatic N) is 2. The number of carbonyl (C=O) groups is 1. The van der Waals surface area contributed by atoms with Crippen LogP contribution in [0.25, 0.3) is 0 Å². The van der Waals surface area contributed by atoms with E-state index in [1.165, 1.54) is 25.3 Å². The van der Waals surface area contributed by atoms with Crippen molar-refractivity contribution in [1.82, 2.24) is 4.90 Å². The van der Waals surface area contributed by atoms with Crippen LogP contribution in [-0.2, 0) is 10.0 Å². The molecule has 0 aliphatic carbocycles. The second-order valence-corrected chi connectivity index (χ2v) is 7.51. The number of ether oxygens (including phenoxy) is 1. The number of hydrogen-bond acceptors (Lipinski definition) is 5. The molecule has 0 unspecified atom stereocenters. The number of piperazine rings is 1. The standard InChI is InChI=1S/C17H20N4O4S/c1-25-16-3-2-14(26(18,23)24)12-15(16)17(22)21-10-8-20(9-11-21)13-4-6-19-7-5-13/h2-7,12H,8-11H2,1H3,(H2,18,23,24)/p+1. The number of aromatic amines is 1. The number of pyridine rings is 1. The average molecular weight is 377 g/mol. The first-order valence-electron chi connectivity index (χ1n) is 8.11. The van der Waals surface area contributed by atoms with Crippen LogP contribution in [0.15, 0.2) is 47.6 Å². The predicted octanol–water partition coefficient (Wildman–Crippen LogP) is 0.119. The van der Waals surface area contributed by atoms with Crippen LogP contribution in [0.2, 0.25) is 0 Å². The molecule has 3 N–H and O–H groups in total. The van der Waals surface area contributed by atoms with Gasteiger partial charge in [-0.2, -0.15) is 0 Å². The van der Waals surface area contributed by atoms with Crippen molar-refractivity contribution in [2.75, 3.05) is 38.2 Å². The number of methoxy groups -OCH3 is 1. The quantitative estimate of drug-likeness (QED) is 0.814. The van der Waals surface area contributed by atoms with Gasteiger partial charge in [0.25, 0.3) is 5.91 Å². The molecule has 1 saturated heterocycles. The first-order valence-corrected chi connectivity index (χ1v) is 9.66. The Balaban J connectivity index is 1.78. The SMILES string of the molecule is COc1ccc(S(N)(=O)=O)cc1C(=O)N1CCN(c2cc[nH+]cc2)CC1. The number of anilines is 1. The molecule has 1 aromatic carbocycles. The highest BCUT2D eigenvalue weighted by molar-refractivity contribution is 7.89. The molecule has 1 aliphatic heterocycles. The Labute approximate surface area is 152 Å². The van der Waals surface area contributed by atoms with E-state index in [0.717, 1.165) is 5.69 Å². The zero-order chi connectivity index (χ0) is 18.7. The number of H-pyrrole nitrogens is 1. The number of carbonyl (C=O) groups excluding carboxylic acids is 1. The molecule has 0 bridgehead atoms. The summed E-state index contributed by atoms with van der Waals surface area (Å²) in [6, 6.07) is 8.01. The molecule has 2 aromatic rings. The Kier molecular flexibility index (Phi) is 5.10. The van der Waals surface area contributed by atoms with Crippen molar-refractivity contribution in [2.24, 2.45) is 5.14 Å². The van der Waals surface area contributed by atoms with Gasteiger partial charge < -0.3 is 14.5 Å². The van der Waals surface area contributed by atoms with E-state index in [1.807, 2.05) is 24.5 Å². The summed E-state index contributed by atoms with van der Waals surface area (Å²) in [5.41, 5.74) is 1.28. The van der Waals surface area contributed by atoms with Crippen LogP contribution in [0.1, 0.15) is 10.4 Å². The third kappa shape index (κ3) is 3.78. The Hall–Kier alpha value is -2.65. The molecule has 9 heteroatoms. The zero-order valence-electron chi connectivity index (χ0n) is 14.4. The van der Waals surface area contributed by atoms with E-state index in [1.54, 1.807) is 4.90 Å². The van der Waals surface area contributed by atoms with Crippen LogP contribution in [-0.4, -0.2) is 52.5 Å². The van der Waals surface area contributed by atoms with Crippen LogP contribution >= 0.6 is 0 Å². The molecule has 0 radical (unpaired) electrons. The van der Waals surface area contributed by atoms with Gasteiger partial charge in [-0.25, -0.2) is 18.5 Å². The van der Waals surface area contributed by atoms with E-state index in [-0.39, 0.29) is 16.4 Å². The van der Waals surface area contributed by atoms with Gasteiger partial charge in [0, 0.05) is 44.0 Å². The fraction of sp³-hybridized carbons (Fsp3) is 0.294. The van der Waals surface area contributed by atoms with Crippen molar-refractivity contribution in [3.05, 3.63) is 48.3 Å². The molecular weight excluding hydrogens is 356 g/mol. The van der Waals surface area contributed by atoms with E-state index in [9.17, 15) is 13.2 Å². The molecule has 8 nitrogen and oxygen atoms in total. The number of amides is 1. The molecule has 0 saturated carbocycles. The molecule has 1 aromatic heterocycles. The molecule has 3 rings (SSSR count). The number of aromatic nitrogens is 1. The van der Waals surface area contributed by atoms with E-state index >= 15 is 0 Å². The number of nitrogens with two attached hydrogens (primary N) is 1. The minimum absolute atomic E-state index is 0.110. The lowest BCUT2D eigenvalue weighted by Gasteiger charge is -2.36. The minimum Gasteiger partial charge on any atom is -0.496 e. The summed E-state index contributed by atoms with van der Waals surface area (Å²) in [6.45, 7) is 2.43. The smallest absolute Gasteiger partial charge is 0.257 e. The topological polar surface area (TPSA) is 107 Å². The maximum absolute atomic E-state index is 12.9. The number of nitrogens with one attached hydrogen (secondary N) is 1. The Morgan fingerprint density at radius 3 is 2.35 bits per heavy atom. The first-order chi connectivity index (χ1) is 12.4. The fourth-order valence-electron chi connectivity index (χ4n) is 2.96.